The molecule has 2 unspecified atom stereocenters. The summed E-state index contributed by atoms with van der Waals surface area (Å²) in [5, 5.41) is 3.46. The van der Waals surface area contributed by atoms with Crippen molar-refractivity contribution in [2.24, 2.45) is 4.99 Å². The lowest BCUT2D eigenvalue weighted by atomic mass is 9.90. The molecule has 2 aliphatic heterocycles. The van der Waals surface area contributed by atoms with E-state index >= 15 is 0 Å². The van der Waals surface area contributed by atoms with Crippen molar-refractivity contribution in [3.63, 3.8) is 0 Å². The van der Waals surface area contributed by atoms with E-state index in [-0.39, 0.29) is 5.66 Å². The number of fused-ring (bicyclic) bond motifs is 3. The molecule has 14 heavy (non-hydrogen) atoms. The summed E-state index contributed by atoms with van der Waals surface area (Å²) in [4.78, 5) is 4.52. The minimum Gasteiger partial charge on any atom is -0.361 e. The van der Waals surface area contributed by atoms with Crippen molar-refractivity contribution < 1.29 is 0 Å². The Balaban J connectivity index is 2.18. The van der Waals surface area contributed by atoms with Gasteiger partial charge in [0.1, 0.15) is 5.66 Å². The molecule has 1 aromatic carbocycles. The van der Waals surface area contributed by atoms with Gasteiger partial charge >= 0.3 is 0 Å². The lowest BCUT2D eigenvalue weighted by Crippen LogP contribution is -2.34. The Bertz CT molecular complexity index is 434. The molecule has 2 heterocycles. The van der Waals surface area contributed by atoms with Gasteiger partial charge in [-0.25, -0.2) is 0 Å². The zero-order valence-corrected chi connectivity index (χ0v) is 8.07. The van der Waals surface area contributed by atoms with Crippen LogP contribution in [0.1, 0.15) is 18.4 Å². The summed E-state index contributed by atoms with van der Waals surface area (Å²) in [6.45, 7) is 2.14. The Morgan fingerprint density at radius 1 is 1.36 bits per heavy atom. The largest absolute Gasteiger partial charge is 0.361 e. The van der Waals surface area contributed by atoms with Crippen molar-refractivity contribution in [3.05, 3.63) is 42.0 Å². The molecule has 0 spiro atoms. The first kappa shape index (κ1) is 7.80. The van der Waals surface area contributed by atoms with Crippen LogP contribution in [0.2, 0.25) is 0 Å². The highest BCUT2D eigenvalue weighted by Crippen LogP contribution is 2.44. The van der Waals surface area contributed by atoms with Crippen LogP contribution in [-0.2, 0) is 0 Å². The van der Waals surface area contributed by atoms with Crippen molar-refractivity contribution in [1.29, 1.82) is 0 Å². The minimum absolute atomic E-state index is 0.168. The summed E-state index contributed by atoms with van der Waals surface area (Å²) in [6.07, 6.45) is 6.11. The van der Waals surface area contributed by atoms with Crippen molar-refractivity contribution in [2.75, 3.05) is 5.32 Å². The highest BCUT2D eigenvalue weighted by molar-refractivity contribution is 5.77. The quantitative estimate of drug-likeness (QED) is 0.658. The number of rotatable bonds is 0. The van der Waals surface area contributed by atoms with E-state index < -0.39 is 0 Å². The number of dihydropyridines is 1. The lowest BCUT2D eigenvalue weighted by molar-refractivity contribution is 0.511. The second kappa shape index (κ2) is 2.47. The van der Waals surface area contributed by atoms with E-state index in [1.165, 1.54) is 11.3 Å². The van der Waals surface area contributed by atoms with E-state index in [1.807, 2.05) is 12.3 Å². The number of nitrogens with zero attached hydrogens (tertiary/aromatic N) is 1. The fourth-order valence-electron chi connectivity index (χ4n) is 2.30. The van der Waals surface area contributed by atoms with E-state index in [0.29, 0.717) is 5.92 Å². The molecule has 70 valence electrons. The molecule has 0 radical (unpaired) electrons. The Hall–Kier alpha value is -1.57. The van der Waals surface area contributed by atoms with Crippen molar-refractivity contribution >= 4 is 11.9 Å². The molecule has 0 bridgehead atoms. The maximum Gasteiger partial charge on any atom is 0.137 e. The van der Waals surface area contributed by atoms with E-state index in [4.69, 9.17) is 0 Å². The Morgan fingerprint density at radius 3 is 3.14 bits per heavy atom. The van der Waals surface area contributed by atoms with Crippen LogP contribution in [-0.4, -0.2) is 11.9 Å². The van der Waals surface area contributed by atoms with Gasteiger partial charge in [0, 0.05) is 17.8 Å². The van der Waals surface area contributed by atoms with E-state index in [0.717, 1.165) is 0 Å². The molecule has 2 heteroatoms. The van der Waals surface area contributed by atoms with Crippen LogP contribution < -0.4 is 5.32 Å². The molecular formula is C12H12N2. The highest BCUT2D eigenvalue weighted by atomic mass is 15.2. The summed E-state index contributed by atoms with van der Waals surface area (Å²) >= 11 is 0. The van der Waals surface area contributed by atoms with Gasteiger partial charge in [0.25, 0.3) is 0 Å². The second-order valence-corrected chi connectivity index (χ2v) is 4.00. The average Bonchev–Trinajstić information content (AvgIpc) is 2.49. The maximum atomic E-state index is 4.52. The summed E-state index contributed by atoms with van der Waals surface area (Å²) in [5.41, 5.74) is 2.39. The van der Waals surface area contributed by atoms with Crippen LogP contribution in [0.3, 0.4) is 0 Å². The van der Waals surface area contributed by atoms with E-state index in [9.17, 15) is 0 Å². The molecule has 2 aliphatic rings. The third kappa shape index (κ3) is 0.882. The standard InChI is InChI=1S/C12H12N2/c1-12-10(6-4-8-13-12)9-5-2-3-7-11(9)14-12/h2-8,10,14H,1H3. The average molecular weight is 184 g/mol. The zero-order valence-electron chi connectivity index (χ0n) is 8.07. The van der Waals surface area contributed by atoms with E-state index in [2.05, 4.69) is 47.6 Å². The number of allylic oxidation sites excluding steroid dienone is 1. The maximum absolute atomic E-state index is 4.52. The fourth-order valence-corrected chi connectivity index (χ4v) is 2.30. The number of hydrogen-bond acceptors (Lipinski definition) is 2. The first-order valence-electron chi connectivity index (χ1n) is 4.89. The topological polar surface area (TPSA) is 24.4 Å². The predicted octanol–water partition coefficient (Wildman–Crippen LogP) is 2.55. The molecule has 0 aliphatic carbocycles. The van der Waals surface area contributed by atoms with Crippen LogP contribution >= 0.6 is 0 Å². The molecule has 0 saturated carbocycles. The molecule has 0 fully saturated rings. The molecule has 1 aromatic rings. The van der Waals surface area contributed by atoms with Gasteiger partial charge in [-0.1, -0.05) is 24.3 Å². The van der Waals surface area contributed by atoms with Crippen LogP contribution in [0, 0.1) is 0 Å². The summed E-state index contributed by atoms with van der Waals surface area (Å²) in [5.74, 6) is 0.378. The van der Waals surface area contributed by atoms with Gasteiger partial charge in [0.15, 0.2) is 0 Å². The number of hydrogen-bond donors (Lipinski definition) is 1. The predicted molar refractivity (Wildman–Crippen MR) is 58.8 cm³/mol. The molecule has 0 amide bonds. The van der Waals surface area contributed by atoms with E-state index in [1.54, 1.807) is 0 Å². The van der Waals surface area contributed by atoms with Crippen molar-refractivity contribution in [2.45, 2.75) is 18.5 Å². The number of para-hydroxylation sites is 1. The molecule has 2 nitrogen and oxygen atoms in total. The molecule has 1 N–H and O–H groups in total. The first-order chi connectivity index (χ1) is 6.80. The number of aliphatic imine (C=N–C) groups is 1. The van der Waals surface area contributed by atoms with Crippen LogP contribution in [0.25, 0.3) is 0 Å². The molecule has 0 saturated heterocycles. The SMILES string of the molecule is CC12N=CC=CC1c1ccccc1N2. The van der Waals surface area contributed by atoms with Crippen molar-refractivity contribution in [3.8, 4) is 0 Å². The molecule has 3 rings (SSSR count). The first-order valence-corrected chi connectivity index (χ1v) is 4.89. The second-order valence-electron chi connectivity index (χ2n) is 4.00. The van der Waals surface area contributed by atoms with Gasteiger partial charge in [-0.3, -0.25) is 4.99 Å². The van der Waals surface area contributed by atoms with Crippen LogP contribution in [0.15, 0.2) is 41.4 Å². The van der Waals surface area contributed by atoms with Crippen LogP contribution in [0.4, 0.5) is 5.69 Å². The monoisotopic (exact) mass is 184 g/mol. The highest BCUT2D eigenvalue weighted by Gasteiger charge is 2.40. The fraction of sp³-hybridized carbons (Fsp3) is 0.250. The third-order valence-corrected chi connectivity index (χ3v) is 3.02. The summed E-state index contributed by atoms with van der Waals surface area (Å²) in [7, 11) is 0. The third-order valence-electron chi connectivity index (χ3n) is 3.02. The zero-order chi connectivity index (χ0) is 9.60. The summed E-state index contributed by atoms with van der Waals surface area (Å²) in [6, 6.07) is 8.42. The minimum atomic E-state index is -0.168. The van der Waals surface area contributed by atoms with Gasteiger partial charge in [-0.2, -0.15) is 0 Å². The number of nitrogens with one attached hydrogen (secondary N) is 1. The molecule has 0 aromatic heterocycles. The molecular weight excluding hydrogens is 172 g/mol. The smallest absolute Gasteiger partial charge is 0.137 e. The van der Waals surface area contributed by atoms with Gasteiger partial charge in [0.2, 0.25) is 0 Å². The van der Waals surface area contributed by atoms with Gasteiger partial charge in [-0.15, -0.1) is 0 Å². The lowest BCUT2D eigenvalue weighted by Gasteiger charge is -2.27. The van der Waals surface area contributed by atoms with Crippen LogP contribution in [0.5, 0.6) is 0 Å². The normalized spacial score (nSPS) is 32.2. The van der Waals surface area contributed by atoms with Gasteiger partial charge in [0.05, 0.1) is 0 Å². The summed E-state index contributed by atoms with van der Waals surface area (Å²) < 4.78 is 0. The Morgan fingerprint density at radius 2 is 2.21 bits per heavy atom. The van der Waals surface area contributed by atoms with Gasteiger partial charge in [-0.05, 0) is 24.6 Å². The Labute approximate surface area is 83.4 Å². The van der Waals surface area contributed by atoms with Crippen molar-refractivity contribution in [1.82, 2.24) is 0 Å². The number of benzene rings is 1. The Kier molecular flexibility index (Phi) is 1.38. The molecule has 2 atom stereocenters. The van der Waals surface area contributed by atoms with Gasteiger partial charge < -0.3 is 5.32 Å². The number of anilines is 1.